The number of nitrogens with zero attached hydrogens (tertiary/aromatic N) is 2. The number of fused-ring (bicyclic) bond motifs is 1. The maximum atomic E-state index is 11.7. The van der Waals surface area contributed by atoms with Crippen LogP contribution >= 0.6 is 23.2 Å². The number of anilines is 2. The van der Waals surface area contributed by atoms with E-state index >= 15 is 0 Å². The first-order chi connectivity index (χ1) is 9.63. The maximum Gasteiger partial charge on any atom is 0.243 e. The van der Waals surface area contributed by atoms with Gasteiger partial charge in [-0.15, -0.1) is 0 Å². The molecule has 102 valence electrons. The number of benzene rings is 1. The quantitative estimate of drug-likeness (QED) is 0.865. The van der Waals surface area contributed by atoms with Crippen LogP contribution in [0.2, 0.25) is 10.3 Å². The monoisotopic (exact) mass is 307 g/mol. The first-order valence-electron chi connectivity index (χ1n) is 6.08. The topological polar surface area (TPSA) is 45.2 Å². The number of pyridine rings is 1. The summed E-state index contributed by atoms with van der Waals surface area (Å²) in [5.41, 5.74) is 2.61. The van der Waals surface area contributed by atoms with Crippen molar-refractivity contribution in [3.63, 3.8) is 0 Å². The molecule has 0 bridgehead atoms. The van der Waals surface area contributed by atoms with E-state index in [0.29, 0.717) is 16.9 Å². The van der Waals surface area contributed by atoms with Crippen molar-refractivity contribution in [1.29, 1.82) is 0 Å². The molecule has 20 heavy (non-hydrogen) atoms. The molecule has 1 aliphatic heterocycles. The Morgan fingerprint density at radius 1 is 1.20 bits per heavy atom. The molecule has 3 rings (SSSR count). The predicted molar refractivity (Wildman–Crippen MR) is 80.4 cm³/mol. The SMILES string of the molecule is O=C1CN(Cc2ccc(Cl)nc2Cl)c2ccccc2N1. The third-order valence-corrected chi connectivity index (χ3v) is 3.64. The van der Waals surface area contributed by atoms with E-state index in [1.807, 2.05) is 35.2 Å². The Morgan fingerprint density at radius 2 is 2.00 bits per heavy atom. The molecule has 2 aromatic rings. The van der Waals surface area contributed by atoms with E-state index in [4.69, 9.17) is 23.2 Å². The number of rotatable bonds is 2. The highest BCUT2D eigenvalue weighted by Gasteiger charge is 2.22. The molecule has 0 aliphatic carbocycles. The lowest BCUT2D eigenvalue weighted by Crippen LogP contribution is -2.37. The number of carbonyl (C=O) groups is 1. The number of aromatic nitrogens is 1. The van der Waals surface area contributed by atoms with Crippen molar-refractivity contribution in [1.82, 2.24) is 4.98 Å². The summed E-state index contributed by atoms with van der Waals surface area (Å²) in [6, 6.07) is 11.2. The molecule has 0 atom stereocenters. The van der Waals surface area contributed by atoms with E-state index < -0.39 is 0 Å². The second kappa shape index (κ2) is 5.31. The van der Waals surface area contributed by atoms with Gasteiger partial charge >= 0.3 is 0 Å². The molecule has 0 fully saturated rings. The van der Waals surface area contributed by atoms with E-state index in [0.717, 1.165) is 16.9 Å². The summed E-state index contributed by atoms with van der Waals surface area (Å²) in [6.45, 7) is 0.795. The Balaban J connectivity index is 1.93. The minimum absolute atomic E-state index is 0.0401. The Morgan fingerprint density at radius 3 is 2.80 bits per heavy atom. The lowest BCUT2D eigenvalue weighted by molar-refractivity contribution is -0.115. The summed E-state index contributed by atoms with van der Waals surface area (Å²) in [5, 5.41) is 3.57. The lowest BCUT2D eigenvalue weighted by Gasteiger charge is -2.31. The zero-order chi connectivity index (χ0) is 14.1. The maximum absolute atomic E-state index is 11.7. The summed E-state index contributed by atoms with van der Waals surface area (Å²) in [7, 11) is 0. The van der Waals surface area contributed by atoms with Crippen LogP contribution in [0.1, 0.15) is 5.56 Å². The third-order valence-electron chi connectivity index (χ3n) is 3.11. The van der Waals surface area contributed by atoms with Gasteiger partial charge < -0.3 is 10.2 Å². The van der Waals surface area contributed by atoms with E-state index in [2.05, 4.69) is 10.3 Å². The second-order valence-corrected chi connectivity index (χ2v) is 5.25. The predicted octanol–water partition coefficient (Wildman–Crippen LogP) is 3.35. The van der Waals surface area contributed by atoms with Crippen molar-refractivity contribution in [2.75, 3.05) is 16.8 Å². The molecular formula is C14H11Cl2N3O. The fraction of sp³-hybridized carbons (Fsp3) is 0.143. The van der Waals surface area contributed by atoms with E-state index in [9.17, 15) is 4.79 Å². The fourth-order valence-electron chi connectivity index (χ4n) is 2.21. The second-order valence-electron chi connectivity index (χ2n) is 4.51. The Hall–Kier alpha value is -1.78. The summed E-state index contributed by atoms with van der Waals surface area (Å²) < 4.78 is 0. The van der Waals surface area contributed by atoms with Crippen LogP contribution in [-0.2, 0) is 11.3 Å². The van der Waals surface area contributed by atoms with Crippen molar-refractivity contribution >= 4 is 40.5 Å². The zero-order valence-corrected chi connectivity index (χ0v) is 11.9. The van der Waals surface area contributed by atoms with Crippen LogP contribution < -0.4 is 10.2 Å². The van der Waals surface area contributed by atoms with Gasteiger partial charge in [-0.3, -0.25) is 4.79 Å². The molecule has 1 N–H and O–H groups in total. The third kappa shape index (κ3) is 2.57. The highest BCUT2D eigenvalue weighted by molar-refractivity contribution is 6.32. The normalized spacial score (nSPS) is 13.9. The van der Waals surface area contributed by atoms with Crippen molar-refractivity contribution in [3.05, 3.63) is 52.3 Å². The van der Waals surface area contributed by atoms with Gasteiger partial charge in [-0.2, -0.15) is 0 Å². The van der Waals surface area contributed by atoms with Crippen LogP contribution in [-0.4, -0.2) is 17.4 Å². The number of carbonyl (C=O) groups excluding carboxylic acids is 1. The summed E-state index contributed by atoms with van der Waals surface area (Å²) in [5.74, 6) is -0.0401. The van der Waals surface area contributed by atoms with Gasteiger partial charge in [0, 0.05) is 12.1 Å². The number of hydrogen-bond acceptors (Lipinski definition) is 3. The molecular weight excluding hydrogens is 297 g/mol. The summed E-state index contributed by atoms with van der Waals surface area (Å²) in [6.07, 6.45) is 0. The van der Waals surface area contributed by atoms with Crippen LogP contribution in [0.3, 0.4) is 0 Å². The molecule has 1 aromatic carbocycles. The average Bonchev–Trinajstić information content (AvgIpc) is 2.41. The van der Waals surface area contributed by atoms with Gasteiger partial charge in [-0.05, 0) is 18.2 Å². The molecule has 0 spiro atoms. The minimum atomic E-state index is -0.0401. The number of nitrogens with one attached hydrogen (secondary N) is 1. The Bertz CT molecular complexity index is 675. The largest absolute Gasteiger partial charge is 0.356 e. The Kier molecular flexibility index (Phi) is 3.51. The Labute approximate surface area is 126 Å². The van der Waals surface area contributed by atoms with Crippen molar-refractivity contribution in [2.45, 2.75) is 6.54 Å². The average molecular weight is 308 g/mol. The molecule has 0 saturated heterocycles. The first kappa shape index (κ1) is 13.2. The van der Waals surface area contributed by atoms with Crippen molar-refractivity contribution in [3.8, 4) is 0 Å². The summed E-state index contributed by atoms with van der Waals surface area (Å²) >= 11 is 11.9. The van der Waals surface area contributed by atoms with Crippen molar-refractivity contribution < 1.29 is 4.79 Å². The van der Waals surface area contributed by atoms with Crippen LogP contribution in [0.4, 0.5) is 11.4 Å². The highest BCUT2D eigenvalue weighted by atomic mass is 35.5. The molecule has 0 saturated carbocycles. The van der Waals surface area contributed by atoms with Gasteiger partial charge in [0.1, 0.15) is 10.3 Å². The molecule has 0 unspecified atom stereocenters. The molecule has 1 amide bonds. The van der Waals surface area contributed by atoms with E-state index in [1.165, 1.54) is 0 Å². The number of halogens is 2. The van der Waals surface area contributed by atoms with Crippen LogP contribution in [0, 0.1) is 0 Å². The standard InChI is InChI=1S/C14H11Cl2N3O/c15-12-6-5-9(14(16)18-12)7-19-8-13(20)17-10-3-1-2-4-11(10)19/h1-6H,7-8H2,(H,17,20). The molecule has 0 radical (unpaired) electrons. The fourth-order valence-corrected chi connectivity index (χ4v) is 2.61. The minimum Gasteiger partial charge on any atom is -0.356 e. The number of hydrogen-bond donors (Lipinski definition) is 1. The molecule has 2 heterocycles. The zero-order valence-electron chi connectivity index (χ0n) is 10.4. The van der Waals surface area contributed by atoms with Gasteiger partial charge in [0.2, 0.25) is 5.91 Å². The van der Waals surface area contributed by atoms with Gasteiger partial charge in [0.05, 0.1) is 17.9 Å². The van der Waals surface area contributed by atoms with Gasteiger partial charge in [-0.1, -0.05) is 41.4 Å². The van der Waals surface area contributed by atoms with Crippen LogP contribution in [0.15, 0.2) is 36.4 Å². The molecule has 1 aromatic heterocycles. The van der Waals surface area contributed by atoms with Gasteiger partial charge in [0.15, 0.2) is 0 Å². The molecule has 1 aliphatic rings. The smallest absolute Gasteiger partial charge is 0.243 e. The molecule has 4 nitrogen and oxygen atoms in total. The van der Waals surface area contributed by atoms with Crippen LogP contribution in [0.5, 0.6) is 0 Å². The summed E-state index contributed by atoms with van der Waals surface area (Å²) in [4.78, 5) is 17.7. The van der Waals surface area contributed by atoms with Crippen molar-refractivity contribution in [2.24, 2.45) is 0 Å². The lowest BCUT2D eigenvalue weighted by atomic mass is 10.1. The van der Waals surface area contributed by atoms with E-state index in [1.54, 1.807) is 6.07 Å². The number of amides is 1. The number of para-hydroxylation sites is 2. The highest BCUT2D eigenvalue weighted by Crippen LogP contribution is 2.31. The van der Waals surface area contributed by atoms with Gasteiger partial charge in [-0.25, -0.2) is 4.98 Å². The molecule has 6 heteroatoms. The van der Waals surface area contributed by atoms with Gasteiger partial charge in [0.25, 0.3) is 0 Å². The van der Waals surface area contributed by atoms with E-state index in [-0.39, 0.29) is 12.5 Å². The van der Waals surface area contributed by atoms with Crippen LogP contribution in [0.25, 0.3) is 0 Å². The first-order valence-corrected chi connectivity index (χ1v) is 6.84.